The average molecular weight is 219 g/mol. The number of aromatic amines is 1. The number of non-ortho nitro benzene ring substituents is 1. The smallest absolute Gasteiger partial charge is 0.270 e. The van der Waals surface area contributed by atoms with Crippen LogP contribution in [0, 0.1) is 17.0 Å². The second-order valence-corrected chi connectivity index (χ2v) is 3.37. The highest BCUT2D eigenvalue weighted by molar-refractivity contribution is 5.67. The van der Waals surface area contributed by atoms with E-state index in [2.05, 4.69) is 9.97 Å². The first-order valence-corrected chi connectivity index (χ1v) is 4.57. The molecular weight excluding hydrogens is 210 g/mol. The number of aromatic nitrogens is 2. The lowest BCUT2D eigenvalue weighted by Crippen LogP contribution is -1.89. The summed E-state index contributed by atoms with van der Waals surface area (Å²) in [6.07, 6.45) is 1.59. The molecule has 0 aliphatic rings. The summed E-state index contributed by atoms with van der Waals surface area (Å²) < 4.78 is 0. The van der Waals surface area contributed by atoms with Gasteiger partial charge < -0.3 is 10.1 Å². The van der Waals surface area contributed by atoms with Crippen LogP contribution in [0.15, 0.2) is 24.4 Å². The van der Waals surface area contributed by atoms with Crippen LogP contribution in [-0.4, -0.2) is 20.0 Å². The number of phenols is 1. The van der Waals surface area contributed by atoms with Crippen molar-refractivity contribution in [3.8, 4) is 17.1 Å². The number of nitrogens with one attached hydrogen (secondary N) is 1. The molecule has 1 aromatic carbocycles. The molecule has 2 rings (SSSR count). The van der Waals surface area contributed by atoms with E-state index in [1.807, 2.05) is 6.92 Å². The van der Waals surface area contributed by atoms with Gasteiger partial charge >= 0.3 is 0 Å². The lowest BCUT2D eigenvalue weighted by Gasteiger charge is -2.00. The van der Waals surface area contributed by atoms with Crippen molar-refractivity contribution in [2.45, 2.75) is 6.92 Å². The second kappa shape index (κ2) is 3.65. The van der Waals surface area contributed by atoms with Gasteiger partial charge in [-0.3, -0.25) is 10.1 Å². The maximum Gasteiger partial charge on any atom is 0.270 e. The fraction of sp³-hybridized carbons (Fsp3) is 0.100. The Morgan fingerprint density at radius 1 is 1.50 bits per heavy atom. The molecule has 0 atom stereocenters. The minimum absolute atomic E-state index is 0.0417. The van der Waals surface area contributed by atoms with Crippen molar-refractivity contribution in [1.29, 1.82) is 0 Å². The minimum Gasteiger partial charge on any atom is -0.507 e. The van der Waals surface area contributed by atoms with Gasteiger partial charge in [-0.15, -0.1) is 0 Å². The first kappa shape index (κ1) is 10.2. The summed E-state index contributed by atoms with van der Waals surface area (Å²) in [5, 5.41) is 20.2. The van der Waals surface area contributed by atoms with Crippen LogP contribution in [0.4, 0.5) is 5.69 Å². The summed E-state index contributed by atoms with van der Waals surface area (Å²) in [6.45, 7) is 1.81. The first-order chi connectivity index (χ1) is 7.58. The van der Waals surface area contributed by atoms with E-state index >= 15 is 0 Å². The molecule has 0 saturated heterocycles. The number of phenolic OH excluding ortho intramolecular Hbond substituents is 1. The van der Waals surface area contributed by atoms with Gasteiger partial charge in [-0.1, -0.05) is 0 Å². The maximum absolute atomic E-state index is 10.6. The average Bonchev–Trinajstić information content (AvgIpc) is 2.65. The third-order valence-electron chi connectivity index (χ3n) is 2.15. The minimum atomic E-state index is -0.515. The van der Waals surface area contributed by atoms with Gasteiger partial charge in [-0.05, 0) is 13.0 Å². The molecule has 1 aromatic heterocycles. The SMILES string of the molecule is Cc1cnc(-c2cc([N+](=O)[O-])ccc2O)[nH]1. The standard InChI is InChI=1S/C10H9N3O3/c1-6-5-11-10(12-6)8-4-7(13(15)16)2-3-9(8)14/h2-5,14H,1H3,(H,11,12). The summed E-state index contributed by atoms with van der Waals surface area (Å²) in [5.41, 5.74) is 1.06. The summed E-state index contributed by atoms with van der Waals surface area (Å²) in [7, 11) is 0. The van der Waals surface area contributed by atoms with Crippen molar-refractivity contribution in [1.82, 2.24) is 9.97 Å². The van der Waals surface area contributed by atoms with Crippen LogP contribution in [0.25, 0.3) is 11.4 Å². The van der Waals surface area contributed by atoms with Crippen molar-refractivity contribution >= 4 is 5.69 Å². The van der Waals surface area contributed by atoms with Crippen LogP contribution in [0.1, 0.15) is 5.69 Å². The Morgan fingerprint density at radius 3 is 2.81 bits per heavy atom. The Hall–Kier alpha value is -2.37. The predicted molar refractivity (Wildman–Crippen MR) is 57.1 cm³/mol. The number of aryl methyl sites for hydroxylation is 1. The van der Waals surface area contributed by atoms with Gasteiger partial charge in [0.05, 0.1) is 10.5 Å². The van der Waals surface area contributed by atoms with Crippen LogP contribution in [0.5, 0.6) is 5.75 Å². The third-order valence-corrected chi connectivity index (χ3v) is 2.15. The van der Waals surface area contributed by atoms with E-state index in [1.165, 1.54) is 18.2 Å². The number of H-pyrrole nitrogens is 1. The molecule has 6 heteroatoms. The van der Waals surface area contributed by atoms with E-state index in [1.54, 1.807) is 6.20 Å². The quantitative estimate of drug-likeness (QED) is 0.596. The van der Waals surface area contributed by atoms with Crippen LogP contribution < -0.4 is 0 Å². The van der Waals surface area contributed by atoms with Gasteiger partial charge in [0.25, 0.3) is 5.69 Å². The molecule has 1 heterocycles. The topological polar surface area (TPSA) is 92.1 Å². The molecule has 2 aromatic rings. The third kappa shape index (κ3) is 1.72. The van der Waals surface area contributed by atoms with E-state index in [-0.39, 0.29) is 11.4 Å². The first-order valence-electron chi connectivity index (χ1n) is 4.57. The maximum atomic E-state index is 10.6. The molecule has 0 spiro atoms. The van der Waals surface area contributed by atoms with Gasteiger partial charge in [-0.2, -0.15) is 0 Å². The Morgan fingerprint density at radius 2 is 2.25 bits per heavy atom. The van der Waals surface area contributed by atoms with E-state index in [0.717, 1.165) is 5.69 Å². The van der Waals surface area contributed by atoms with Gasteiger partial charge in [0.15, 0.2) is 0 Å². The highest BCUT2D eigenvalue weighted by Crippen LogP contribution is 2.30. The number of imidazole rings is 1. The Labute approximate surface area is 90.7 Å². The van der Waals surface area contributed by atoms with E-state index in [4.69, 9.17) is 0 Å². The van der Waals surface area contributed by atoms with E-state index in [9.17, 15) is 15.2 Å². The van der Waals surface area contributed by atoms with Crippen molar-refractivity contribution in [3.05, 3.63) is 40.2 Å². The number of rotatable bonds is 2. The van der Waals surface area contributed by atoms with Crippen LogP contribution >= 0.6 is 0 Å². The lowest BCUT2D eigenvalue weighted by atomic mass is 10.1. The summed E-state index contributed by atoms with van der Waals surface area (Å²) in [5.74, 6) is 0.374. The van der Waals surface area contributed by atoms with E-state index < -0.39 is 4.92 Å². The lowest BCUT2D eigenvalue weighted by molar-refractivity contribution is -0.384. The van der Waals surface area contributed by atoms with Gasteiger partial charge in [-0.25, -0.2) is 4.98 Å². The van der Waals surface area contributed by atoms with Crippen molar-refractivity contribution in [2.24, 2.45) is 0 Å². The van der Waals surface area contributed by atoms with Crippen LogP contribution in [0.3, 0.4) is 0 Å². The summed E-state index contributed by atoms with van der Waals surface area (Å²) >= 11 is 0. The van der Waals surface area contributed by atoms with Crippen LogP contribution in [-0.2, 0) is 0 Å². The van der Waals surface area contributed by atoms with Crippen LogP contribution in [0.2, 0.25) is 0 Å². The number of aromatic hydroxyl groups is 1. The molecule has 6 nitrogen and oxygen atoms in total. The fourth-order valence-corrected chi connectivity index (χ4v) is 1.38. The Bertz CT molecular complexity index is 548. The van der Waals surface area contributed by atoms with Gasteiger partial charge in [0.2, 0.25) is 0 Å². The van der Waals surface area contributed by atoms with Crippen molar-refractivity contribution < 1.29 is 10.0 Å². The molecular formula is C10H9N3O3. The molecule has 0 unspecified atom stereocenters. The molecule has 0 amide bonds. The Kier molecular flexibility index (Phi) is 2.32. The normalized spacial score (nSPS) is 10.3. The molecule has 0 aliphatic carbocycles. The number of nitro benzene ring substituents is 1. The number of hydrogen-bond donors (Lipinski definition) is 2. The molecule has 0 radical (unpaired) electrons. The van der Waals surface area contributed by atoms with Gasteiger partial charge in [0.1, 0.15) is 11.6 Å². The number of hydrogen-bond acceptors (Lipinski definition) is 4. The molecule has 0 aliphatic heterocycles. The molecule has 82 valence electrons. The molecule has 0 bridgehead atoms. The fourth-order valence-electron chi connectivity index (χ4n) is 1.38. The van der Waals surface area contributed by atoms with E-state index in [0.29, 0.717) is 11.4 Å². The number of benzene rings is 1. The highest BCUT2D eigenvalue weighted by atomic mass is 16.6. The number of nitrogens with zero attached hydrogens (tertiary/aromatic N) is 2. The van der Waals surface area contributed by atoms with Crippen molar-refractivity contribution in [3.63, 3.8) is 0 Å². The summed E-state index contributed by atoms with van der Waals surface area (Å²) in [4.78, 5) is 17.0. The second-order valence-electron chi connectivity index (χ2n) is 3.37. The molecule has 0 fully saturated rings. The zero-order valence-electron chi connectivity index (χ0n) is 8.47. The molecule has 2 N–H and O–H groups in total. The molecule has 16 heavy (non-hydrogen) atoms. The Balaban J connectivity index is 2.55. The number of nitro groups is 1. The van der Waals surface area contributed by atoms with Gasteiger partial charge in [0, 0.05) is 24.0 Å². The zero-order valence-corrected chi connectivity index (χ0v) is 8.47. The molecule has 0 saturated carbocycles. The van der Waals surface area contributed by atoms with Crippen molar-refractivity contribution in [2.75, 3.05) is 0 Å². The summed E-state index contributed by atoms with van der Waals surface area (Å²) in [6, 6.07) is 3.81. The highest BCUT2D eigenvalue weighted by Gasteiger charge is 2.13. The zero-order chi connectivity index (χ0) is 11.7. The monoisotopic (exact) mass is 219 g/mol. The predicted octanol–water partition coefficient (Wildman–Crippen LogP) is 2.00. The largest absolute Gasteiger partial charge is 0.507 e.